The Balaban J connectivity index is 1.50. The van der Waals surface area contributed by atoms with E-state index in [9.17, 15) is 9.59 Å². The van der Waals surface area contributed by atoms with E-state index in [2.05, 4.69) is 20.2 Å². The molecule has 1 N–H and O–H groups in total. The zero-order valence-corrected chi connectivity index (χ0v) is 17.6. The first-order valence-electron chi connectivity index (χ1n) is 10.8. The molecule has 0 bridgehead atoms. The van der Waals surface area contributed by atoms with Crippen LogP contribution in [0.4, 0.5) is 5.82 Å². The summed E-state index contributed by atoms with van der Waals surface area (Å²) in [5.41, 5.74) is 0. The van der Waals surface area contributed by atoms with Gasteiger partial charge in [0.05, 0.1) is 12.2 Å². The fourth-order valence-corrected chi connectivity index (χ4v) is 4.30. The van der Waals surface area contributed by atoms with Gasteiger partial charge in [0.2, 0.25) is 11.8 Å². The molecule has 0 saturated carbocycles. The Bertz CT molecular complexity index is 656. The third-order valence-electron chi connectivity index (χ3n) is 6.13. The monoisotopic (exact) mass is 389 g/mol. The second-order valence-corrected chi connectivity index (χ2v) is 8.47. The van der Waals surface area contributed by atoms with Crippen LogP contribution < -0.4 is 5.32 Å². The first-order chi connectivity index (χ1) is 13.5. The Labute approximate surface area is 168 Å². The van der Waals surface area contributed by atoms with Gasteiger partial charge in [0.25, 0.3) is 0 Å². The lowest BCUT2D eigenvalue weighted by molar-refractivity contribution is -0.137. The predicted molar refractivity (Wildman–Crippen MR) is 110 cm³/mol. The Morgan fingerprint density at radius 1 is 1.04 bits per heavy atom. The van der Waals surface area contributed by atoms with Crippen LogP contribution in [-0.2, 0) is 9.59 Å². The minimum Gasteiger partial charge on any atom is -0.342 e. The summed E-state index contributed by atoms with van der Waals surface area (Å²) in [7, 11) is 0. The number of anilines is 1. The van der Waals surface area contributed by atoms with Crippen molar-refractivity contribution in [2.75, 3.05) is 31.5 Å². The zero-order valence-electron chi connectivity index (χ0n) is 17.6. The molecule has 0 spiro atoms. The van der Waals surface area contributed by atoms with Crippen molar-refractivity contribution in [1.29, 1.82) is 0 Å². The average molecular weight is 390 g/mol. The topological polar surface area (TPSA) is 70.5 Å². The van der Waals surface area contributed by atoms with Gasteiger partial charge < -0.3 is 10.2 Å². The van der Waals surface area contributed by atoms with Gasteiger partial charge in [0.1, 0.15) is 5.82 Å². The highest BCUT2D eigenvalue weighted by atomic mass is 16.2. The maximum absolute atomic E-state index is 12.8. The van der Waals surface area contributed by atoms with Gasteiger partial charge in [-0.3, -0.25) is 14.5 Å². The van der Waals surface area contributed by atoms with Crippen LogP contribution in [0.1, 0.15) is 65.3 Å². The lowest BCUT2D eigenvalue weighted by Crippen LogP contribution is -2.49. The molecule has 0 aliphatic carbocycles. The van der Waals surface area contributed by atoms with Gasteiger partial charge in [-0.25, -0.2) is 4.68 Å². The van der Waals surface area contributed by atoms with E-state index in [1.54, 1.807) is 6.20 Å². The van der Waals surface area contributed by atoms with E-state index < -0.39 is 0 Å². The number of carbonyl (C=O) groups is 2. The summed E-state index contributed by atoms with van der Waals surface area (Å²) in [6.45, 7) is 9.45. The second-order valence-electron chi connectivity index (χ2n) is 8.47. The molecule has 2 aliphatic rings. The summed E-state index contributed by atoms with van der Waals surface area (Å²) < 4.78 is 1.82. The molecule has 2 amide bonds. The summed E-state index contributed by atoms with van der Waals surface area (Å²) in [5, 5.41) is 7.27. The molecule has 2 fully saturated rings. The number of hydrogen-bond acceptors (Lipinski definition) is 4. The lowest BCUT2D eigenvalue weighted by atomic mass is 9.94. The fraction of sp³-hybridized carbons (Fsp3) is 0.762. The summed E-state index contributed by atoms with van der Waals surface area (Å²) >= 11 is 0. The first-order valence-corrected chi connectivity index (χ1v) is 10.8. The molecule has 2 saturated heterocycles. The molecule has 156 valence electrons. The summed E-state index contributed by atoms with van der Waals surface area (Å²) in [4.78, 5) is 29.8. The second kappa shape index (κ2) is 9.54. The number of aromatic nitrogens is 2. The van der Waals surface area contributed by atoms with E-state index in [1.807, 2.05) is 31.5 Å². The molecule has 1 aromatic rings. The van der Waals surface area contributed by atoms with Crippen LogP contribution in [0, 0.1) is 5.92 Å². The SMILES string of the molecule is CC(C(=O)Nc1ccnn1C(C)C)N1CCC(C(=O)N2CCCCCC2)CC1. The molecule has 28 heavy (non-hydrogen) atoms. The standard InChI is InChI=1S/C21H35N5O2/c1-16(2)26-19(8-11-22-26)23-20(27)17(3)24-14-9-18(10-15-24)21(28)25-12-6-4-5-7-13-25/h8,11,16-18H,4-7,9-10,12-15H2,1-3H3,(H,23,27). The zero-order chi connectivity index (χ0) is 20.1. The Morgan fingerprint density at radius 2 is 1.68 bits per heavy atom. The highest BCUT2D eigenvalue weighted by Gasteiger charge is 2.32. The van der Waals surface area contributed by atoms with Crippen molar-refractivity contribution < 1.29 is 9.59 Å². The van der Waals surface area contributed by atoms with E-state index in [4.69, 9.17) is 0 Å². The van der Waals surface area contributed by atoms with Crippen LogP contribution in [0.5, 0.6) is 0 Å². The molecule has 0 aromatic carbocycles. The van der Waals surface area contributed by atoms with Crippen molar-refractivity contribution in [3.63, 3.8) is 0 Å². The molecule has 2 aliphatic heterocycles. The quantitative estimate of drug-likeness (QED) is 0.841. The number of nitrogens with zero attached hydrogens (tertiary/aromatic N) is 4. The minimum absolute atomic E-state index is 0.0142. The van der Waals surface area contributed by atoms with E-state index in [1.165, 1.54) is 12.8 Å². The average Bonchev–Trinajstić information content (AvgIpc) is 2.99. The molecule has 7 nitrogen and oxygen atoms in total. The van der Waals surface area contributed by atoms with E-state index >= 15 is 0 Å². The number of carbonyl (C=O) groups excluding carboxylic acids is 2. The summed E-state index contributed by atoms with van der Waals surface area (Å²) in [6, 6.07) is 1.81. The smallest absolute Gasteiger partial charge is 0.242 e. The third kappa shape index (κ3) is 4.93. The van der Waals surface area contributed by atoms with Crippen molar-refractivity contribution in [2.24, 2.45) is 5.92 Å². The summed E-state index contributed by atoms with van der Waals surface area (Å²) in [5.74, 6) is 1.17. The normalized spacial score (nSPS) is 20.8. The predicted octanol–water partition coefficient (Wildman–Crippen LogP) is 2.91. The molecule has 1 aromatic heterocycles. The first kappa shape index (κ1) is 20.8. The maximum Gasteiger partial charge on any atom is 0.242 e. The van der Waals surface area contributed by atoms with Crippen LogP contribution >= 0.6 is 0 Å². The van der Waals surface area contributed by atoms with Gasteiger partial charge in [-0.15, -0.1) is 0 Å². The lowest BCUT2D eigenvalue weighted by Gasteiger charge is -2.36. The van der Waals surface area contributed by atoms with Crippen molar-refractivity contribution >= 4 is 17.6 Å². The van der Waals surface area contributed by atoms with Crippen LogP contribution in [0.25, 0.3) is 0 Å². The van der Waals surface area contributed by atoms with Crippen molar-refractivity contribution in [3.05, 3.63) is 12.3 Å². The van der Waals surface area contributed by atoms with E-state index in [-0.39, 0.29) is 23.9 Å². The third-order valence-corrected chi connectivity index (χ3v) is 6.13. The van der Waals surface area contributed by atoms with Gasteiger partial charge in [-0.05, 0) is 59.5 Å². The highest BCUT2D eigenvalue weighted by Crippen LogP contribution is 2.23. The van der Waals surface area contributed by atoms with Crippen LogP contribution in [-0.4, -0.2) is 63.6 Å². The molecule has 0 radical (unpaired) electrons. The fourth-order valence-electron chi connectivity index (χ4n) is 4.30. The number of nitrogens with one attached hydrogen (secondary N) is 1. The Kier molecular flexibility index (Phi) is 7.10. The number of amides is 2. The Morgan fingerprint density at radius 3 is 2.29 bits per heavy atom. The molecule has 3 rings (SSSR count). The van der Waals surface area contributed by atoms with Crippen molar-refractivity contribution in [2.45, 2.75) is 71.4 Å². The highest BCUT2D eigenvalue weighted by molar-refractivity contribution is 5.93. The number of hydrogen-bond donors (Lipinski definition) is 1. The van der Waals surface area contributed by atoms with E-state index in [0.29, 0.717) is 5.91 Å². The maximum atomic E-state index is 12.8. The number of piperidine rings is 1. The van der Waals surface area contributed by atoms with Crippen LogP contribution in [0.3, 0.4) is 0 Å². The molecule has 1 unspecified atom stereocenters. The van der Waals surface area contributed by atoms with Crippen LogP contribution in [0.2, 0.25) is 0 Å². The summed E-state index contributed by atoms with van der Waals surface area (Å²) in [6.07, 6.45) is 8.15. The molecule has 1 atom stereocenters. The van der Waals surface area contributed by atoms with Gasteiger partial charge >= 0.3 is 0 Å². The van der Waals surface area contributed by atoms with Crippen LogP contribution in [0.15, 0.2) is 12.3 Å². The van der Waals surface area contributed by atoms with Gasteiger partial charge in [0, 0.05) is 31.1 Å². The largest absolute Gasteiger partial charge is 0.342 e. The van der Waals surface area contributed by atoms with Gasteiger partial charge in [-0.1, -0.05) is 12.8 Å². The van der Waals surface area contributed by atoms with Gasteiger partial charge in [-0.2, -0.15) is 5.10 Å². The molecule has 3 heterocycles. The van der Waals surface area contributed by atoms with Gasteiger partial charge in [0.15, 0.2) is 0 Å². The van der Waals surface area contributed by atoms with Crippen molar-refractivity contribution in [1.82, 2.24) is 19.6 Å². The molecule has 7 heteroatoms. The number of likely N-dealkylation sites (tertiary alicyclic amines) is 2. The van der Waals surface area contributed by atoms with E-state index in [0.717, 1.165) is 57.7 Å². The van der Waals surface area contributed by atoms with Crippen molar-refractivity contribution in [3.8, 4) is 0 Å². The molecular formula is C21H35N5O2. The Hall–Kier alpha value is -1.89. The minimum atomic E-state index is -0.218. The molecular weight excluding hydrogens is 354 g/mol. The number of rotatable bonds is 5.